The van der Waals surface area contributed by atoms with Crippen LogP contribution in [0.4, 0.5) is 0 Å². The van der Waals surface area contributed by atoms with Crippen LogP contribution in [0.5, 0.6) is 0 Å². The van der Waals surface area contributed by atoms with Crippen LogP contribution in [-0.4, -0.2) is 46.9 Å². The molecule has 15 heteroatoms. The highest BCUT2D eigenvalue weighted by molar-refractivity contribution is 7.60. The van der Waals surface area contributed by atoms with E-state index in [0.717, 1.165) is 0 Å². The minimum atomic E-state index is -5.05. The highest BCUT2D eigenvalue weighted by Gasteiger charge is 2.28. The summed E-state index contributed by atoms with van der Waals surface area (Å²) in [5, 5.41) is 8.93. The first-order chi connectivity index (χ1) is 11.3. The van der Waals surface area contributed by atoms with Gasteiger partial charge < -0.3 is 29.4 Å². The Labute approximate surface area is 140 Å². The van der Waals surface area contributed by atoms with Crippen LogP contribution in [0.25, 0.3) is 0 Å². The molecule has 13 nitrogen and oxygen atoms in total. The van der Waals surface area contributed by atoms with E-state index in [1.165, 1.54) is 10.8 Å². The Morgan fingerprint density at radius 1 is 1.24 bits per heavy atom. The molecule has 2 rings (SSSR count). The van der Waals surface area contributed by atoms with Gasteiger partial charge in [-0.05, 0) is 19.8 Å². The van der Waals surface area contributed by atoms with Gasteiger partial charge in [0, 0.05) is 11.8 Å². The zero-order valence-corrected chi connectivity index (χ0v) is 14.7. The van der Waals surface area contributed by atoms with Crippen LogP contribution in [0, 0.1) is 6.92 Å². The fourth-order valence-electron chi connectivity index (χ4n) is 1.96. The van der Waals surface area contributed by atoms with Crippen molar-refractivity contribution in [1.82, 2.24) is 9.55 Å². The molecule has 0 saturated carbocycles. The van der Waals surface area contributed by atoms with E-state index in [1.54, 1.807) is 6.92 Å². The van der Waals surface area contributed by atoms with Crippen molar-refractivity contribution in [2.45, 2.75) is 32.1 Å². The SMILES string of the molecule is Cc1cn([C@H]2CC[C@@H](CO)O2)c(=O)[nH]c1=O.O=P(O)(O)OP(=O)(O)O. The van der Waals surface area contributed by atoms with Gasteiger partial charge in [-0.1, -0.05) is 0 Å². The van der Waals surface area contributed by atoms with Gasteiger partial charge in [0.1, 0.15) is 6.23 Å². The van der Waals surface area contributed by atoms with Gasteiger partial charge in [0.05, 0.1) is 12.7 Å². The minimum absolute atomic E-state index is 0.0480. The summed E-state index contributed by atoms with van der Waals surface area (Å²) in [6.45, 7) is 1.58. The third kappa shape index (κ3) is 7.74. The van der Waals surface area contributed by atoms with Crippen molar-refractivity contribution >= 4 is 15.6 Å². The number of hydrogen-bond acceptors (Lipinski definition) is 7. The largest absolute Gasteiger partial charge is 0.478 e. The first-order valence-corrected chi connectivity index (χ1v) is 9.79. The van der Waals surface area contributed by atoms with Crippen LogP contribution in [0.1, 0.15) is 24.6 Å². The lowest BCUT2D eigenvalue weighted by atomic mass is 10.2. The number of aryl methyl sites for hydroxylation is 1. The third-order valence-corrected chi connectivity index (χ3v) is 4.66. The second kappa shape index (κ2) is 8.49. The van der Waals surface area contributed by atoms with Crippen LogP contribution in [-0.2, 0) is 18.2 Å². The van der Waals surface area contributed by atoms with Crippen molar-refractivity contribution in [2.75, 3.05) is 6.61 Å². The summed E-state index contributed by atoms with van der Waals surface area (Å²) in [4.78, 5) is 55.9. The summed E-state index contributed by atoms with van der Waals surface area (Å²) in [5.41, 5.74) is -0.382. The number of phosphoric acid groups is 2. The van der Waals surface area contributed by atoms with E-state index in [2.05, 4.69) is 9.29 Å². The van der Waals surface area contributed by atoms with Gasteiger partial charge in [0.2, 0.25) is 0 Å². The summed E-state index contributed by atoms with van der Waals surface area (Å²) >= 11 is 0. The van der Waals surface area contributed by atoms with E-state index < -0.39 is 21.3 Å². The van der Waals surface area contributed by atoms with Crippen molar-refractivity contribution in [3.05, 3.63) is 32.6 Å². The molecule has 2 heterocycles. The van der Waals surface area contributed by atoms with Gasteiger partial charge in [-0.2, -0.15) is 4.31 Å². The number of nitrogens with zero attached hydrogens (tertiary/aromatic N) is 1. The molecule has 1 saturated heterocycles. The molecule has 144 valence electrons. The van der Waals surface area contributed by atoms with E-state index in [1.807, 2.05) is 0 Å². The number of aliphatic hydroxyl groups excluding tert-OH is 1. The molecule has 0 bridgehead atoms. The molecular formula is C10H18N2O11P2. The number of rotatable bonds is 4. The summed E-state index contributed by atoms with van der Waals surface area (Å²) in [7, 11) is -10.1. The standard InChI is InChI=1S/C10H14N2O4.H4O7P2/c1-6-4-12(10(15)11-9(6)14)8-3-2-7(5-13)16-8;1-8(2,3)7-9(4,5)6/h4,7-8,13H,2-3,5H2,1H3,(H,11,14,15);(H2,1,2,3)(H2,4,5,6)/t7-,8+;/m0./s1. The normalized spacial score (nSPS) is 20.9. The number of nitrogens with one attached hydrogen (secondary N) is 1. The van der Waals surface area contributed by atoms with E-state index in [0.29, 0.717) is 18.4 Å². The molecule has 1 aliphatic rings. The number of ether oxygens (including phenoxy) is 1. The molecular weight excluding hydrogens is 386 g/mol. The average molecular weight is 404 g/mol. The van der Waals surface area contributed by atoms with E-state index in [4.69, 9.17) is 29.4 Å². The summed E-state index contributed by atoms with van der Waals surface area (Å²) in [5.74, 6) is 0. The number of H-pyrrole nitrogens is 1. The van der Waals surface area contributed by atoms with Crippen molar-refractivity contribution in [2.24, 2.45) is 0 Å². The number of hydrogen-bond donors (Lipinski definition) is 6. The van der Waals surface area contributed by atoms with Gasteiger partial charge in [0.25, 0.3) is 5.56 Å². The molecule has 25 heavy (non-hydrogen) atoms. The first-order valence-electron chi connectivity index (χ1n) is 6.73. The molecule has 1 aromatic rings. The smallest absolute Gasteiger partial charge is 0.394 e. The van der Waals surface area contributed by atoms with Gasteiger partial charge in [-0.15, -0.1) is 0 Å². The van der Waals surface area contributed by atoms with Gasteiger partial charge in [-0.25, -0.2) is 13.9 Å². The lowest BCUT2D eigenvalue weighted by Crippen LogP contribution is -2.33. The second-order valence-electron chi connectivity index (χ2n) is 5.01. The van der Waals surface area contributed by atoms with Crippen molar-refractivity contribution in [1.29, 1.82) is 0 Å². The number of aromatic amines is 1. The lowest BCUT2D eigenvalue weighted by Gasteiger charge is -2.14. The molecule has 0 aromatic carbocycles. The quantitative estimate of drug-likeness (QED) is 0.325. The topological polar surface area (TPSA) is 209 Å². The predicted molar refractivity (Wildman–Crippen MR) is 81.5 cm³/mol. The zero-order chi connectivity index (χ0) is 19.4. The monoisotopic (exact) mass is 404 g/mol. The Balaban J connectivity index is 0.000000299. The van der Waals surface area contributed by atoms with Crippen molar-refractivity contribution in [3.8, 4) is 0 Å². The number of aromatic nitrogens is 2. The Morgan fingerprint density at radius 2 is 1.80 bits per heavy atom. The van der Waals surface area contributed by atoms with Gasteiger partial charge in [0.15, 0.2) is 0 Å². The molecule has 1 aliphatic heterocycles. The number of aliphatic hydroxyl groups is 1. The molecule has 0 unspecified atom stereocenters. The average Bonchev–Trinajstić information content (AvgIpc) is 2.88. The van der Waals surface area contributed by atoms with Crippen molar-refractivity contribution in [3.63, 3.8) is 0 Å². The molecule has 2 atom stereocenters. The lowest BCUT2D eigenvalue weighted by molar-refractivity contribution is -0.0247. The predicted octanol–water partition coefficient (Wildman–Crippen LogP) is -1.30. The Bertz CT molecular complexity index is 771. The van der Waals surface area contributed by atoms with Crippen molar-refractivity contribution < 1.29 is 42.9 Å². The maximum atomic E-state index is 11.5. The maximum absolute atomic E-state index is 11.5. The Kier molecular flexibility index (Phi) is 7.44. The van der Waals surface area contributed by atoms with Gasteiger partial charge in [-0.3, -0.25) is 14.3 Å². The third-order valence-electron chi connectivity index (χ3n) is 2.96. The van der Waals surface area contributed by atoms with Crippen LogP contribution >= 0.6 is 15.6 Å². The maximum Gasteiger partial charge on any atom is 0.478 e. The highest BCUT2D eigenvalue weighted by atomic mass is 31.3. The minimum Gasteiger partial charge on any atom is -0.394 e. The van der Waals surface area contributed by atoms with Crippen LogP contribution in [0.15, 0.2) is 15.8 Å². The second-order valence-corrected chi connectivity index (χ2v) is 7.63. The fourth-order valence-corrected chi connectivity index (χ4v) is 3.07. The molecule has 0 spiro atoms. The van der Waals surface area contributed by atoms with Gasteiger partial charge >= 0.3 is 21.3 Å². The zero-order valence-electron chi connectivity index (χ0n) is 12.9. The fraction of sp³-hybridized carbons (Fsp3) is 0.600. The summed E-state index contributed by atoms with van der Waals surface area (Å²) < 4.78 is 29.0. The van der Waals surface area contributed by atoms with Crippen LogP contribution in [0.3, 0.4) is 0 Å². The van der Waals surface area contributed by atoms with E-state index >= 15 is 0 Å². The highest BCUT2D eigenvalue weighted by Crippen LogP contribution is 2.53. The van der Waals surface area contributed by atoms with Crippen LogP contribution in [0.2, 0.25) is 0 Å². The molecule has 0 aliphatic carbocycles. The summed E-state index contributed by atoms with van der Waals surface area (Å²) in [6.07, 6.45) is 2.26. The Hall–Kier alpha value is -1.14. The molecule has 1 aromatic heterocycles. The summed E-state index contributed by atoms with van der Waals surface area (Å²) in [6, 6.07) is 0. The van der Waals surface area contributed by atoms with E-state index in [-0.39, 0.29) is 24.5 Å². The Morgan fingerprint density at radius 3 is 2.20 bits per heavy atom. The molecule has 6 N–H and O–H groups in total. The first kappa shape index (κ1) is 21.9. The van der Waals surface area contributed by atoms with E-state index in [9.17, 15) is 18.7 Å². The van der Waals surface area contributed by atoms with Crippen LogP contribution < -0.4 is 11.2 Å². The molecule has 0 radical (unpaired) electrons. The molecule has 1 fully saturated rings. The molecule has 0 amide bonds.